The van der Waals surface area contributed by atoms with Crippen LogP contribution in [0.1, 0.15) is 29.5 Å². The summed E-state index contributed by atoms with van der Waals surface area (Å²) in [6.45, 7) is 0. The summed E-state index contributed by atoms with van der Waals surface area (Å²) in [4.78, 5) is 0. The summed E-state index contributed by atoms with van der Waals surface area (Å²) < 4.78 is 37.2. The molecule has 0 atom stereocenters. The van der Waals surface area contributed by atoms with Gasteiger partial charge in [0.1, 0.15) is 0 Å². The minimum absolute atomic E-state index is 0.614. The smallest absolute Gasteiger partial charge is 0.166 e. The van der Waals surface area contributed by atoms with E-state index in [1.807, 2.05) is 18.2 Å². The van der Waals surface area contributed by atoms with Gasteiger partial charge < -0.3 is 0 Å². The predicted molar refractivity (Wildman–Crippen MR) is 77.7 cm³/mol. The molecule has 0 unspecified atom stereocenters. The Bertz CT molecular complexity index is 613. The molecule has 0 nitrogen and oxygen atoms in total. The fourth-order valence-corrected chi connectivity index (χ4v) is 1.93. The predicted octanol–water partition coefficient (Wildman–Crippen LogP) is 5.08. The molecule has 0 aliphatic heterocycles. The Labute approximate surface area is 122 Å². The third kappa shape index (κ3) is 5.00. The van der Waals surface area contributed by atoms with E-state index in [0.717, 1.165) is 31.4 Å². The molecule has 0 aliphatic rings. The maximum atomic E-state index is 12.4. The Morgan fingerprint density at radius 3 is 2.14 bits per heavy atom. The van der Waals surface area contributed by atoms with Crippen molar-refractivity contribution in [1.82, 2.24) is 0 Å². The number of alkyl halides is 3. The van der Waals surface area contributed by atoms with Crippen molar-refractivity contribution >= 4 is 0 Å². The zero-order valence-corrected chi connectivity index (χ0v) is 11.5. The van der Waals surface area contributed by atoms with Crippen LogP contribution in [0.2, 0.25) is 0 Å². The van der Waals surface area contributed by atoms with Crippen LogP contribution in [0.25, 0.3) is 0 Å². The molecule has 108 valence electrons. The summed E-state index contributed by atoms with van der Waals surface area (Å²) in [5.74, 6) is 5.89. The molecule has 0 amide bonds. The molecule has 2 aromatic carbocycles. The van der Waals surface area contributed by atoms with Crippen LogP contribution in [0, 0.1) is 11.8 Å². The van der Waals surface area contributed by atoms with Crippen LogP contribution in [0.4, 0.5) is 13.2 Å². The van der Waals surface area contributed by atoms with Crippen LogP contribution in [-0.4, -0.2) is 0 Å². The van der Waals surface area contributed by atoms with Crippen LogP contribution < -0.4 is 0 Å². The van der Waals surface area contributed by atoms with Crippen LogP contribution in [0.15, 0.2) is 54.6 Å². The fourth-order valence-electron chi connectivity index (χ4n) is 1.93. The molecule has 0 spiro atoms. The first-order chi connectivity index (χ1) is 10.1. The van der Waals surface area contributed by atoms with Gasteiger partial charge in [-0.25, -0.2) is 0 Å². The quantitative estimate of drug-likeness (QED) is 0.546. The molecular weight excluding hydrogens is 273 g/mol. The number of halogens is 3. The summed E-state index contributed by atoms with van der Waals surface area (Å²) >= 11 is 0. The second-order valence-corrected chi connectivity index (χ2v) is 4.72. The van der Waals surface area contributed by atoms with Crippen molar-refractivity contribution in [3.05, 3.63) is 71.3 Å². The molecule has 0 N–H and O–H groups in total. The molecule has 3 heteroatoms. The van der Waals surface area contributed by atoms with Gasteiger partial charge in [0, 0.05) is 12.0 Å². The standard InChI is InChI=1S/C18H15F3/c19-18(20,21)17-13-11-16(12-14-17)10-6-2-5-9-15-7-3-1-4-8-15/h1,3-4,7-8,11-14H,2,5,9H2. The highest BCUT2D eigenvalue weighted by Crippen LogP contribution is 2.28. The van der Waals surface area contributed by atoms with Gasteiger partial charge in [0.15, 0.2) is 0 Å². The van der Waals surface area contributed by atoms with Crippen LogP contribution in [0.5, 0.6) is 0 Å². The van der Waals surface area contributed by atoms with E-state index in [2.05, 4.69) is 24.0 Å². The number of aryl methyl sites for hydroxylation is 1. The van der Waals surface area contributed by atoms with E-state index in [9.17, 15) is 13.2 Å². The first kappa shape index (κ1) is 15.2. The van der Waals surface area contributed by atoms with Gasteiger partial charge in [-0.15, -0.1) is 0 Å². The molecule has 0 radical (unpaired) electrons. The summed E-state index contributed by atoms with van der Waals surface area (Å²) in [6, 6.07) is 15.1. The molecule has 0 fully saturated rings. The van der Waals surface area contributed by atoms with Gasteiger partial charge in [-0.1, -0.05) is 42.2 Å². The fraction of sp³-hybridized carbons (Fsp3) is 0.222. The molecule has 0 saturated carbocycles. The molecular formula is C18H15F3. The van der Waals surface area contributed by atoms with E-state index < -0.39 is 11.7 Å². The zero-order chi connectivity index (χ0) is 15.1. The molecule has 0 heterocycles. The maximum absolute atomic E-state index is 12.4. The van der Waals surface area contributed by atoms with Gasteiger partial charge in [-0.3, -0.25) is 0 Å². The van der Waals surface area contributed by atoms with Crippen molar-refractivity contribution in [3.63, 3.8) is 0 Å². The first-order valence-corrected chi connectivity index (χ1v) is 6.76. The molecule has 2 rings (SSSR count). The summed E-state index contributed by atoms with van der Waals surface area (Å²) in [7, 11) is 0. The zero-order valence-electron chi connectivity index (χ0n) is 11.5. The summed E-state index contributed by atoms with van der Waals surface area (Å²) in [6.07, 6.45) is -1.66. The monoisotopic (exact) mass is 288 g/mol. The van der Waals surface area contributed by atoms with Crippen molar-refractivity contribution in [1.29, 1.82) is 0 Å². The Kier molecular flexibility index (Phi) is 5.05. The lowest BCUT2D eigenvalue weighted by Gasteiger charge is -2.05. The van der Waals surface area contributed by atoms with E-state index >= 15 is 0 Å². The Morgan fingerprint density at radius 1 is 0.857 bits per heavy atom. The van der Waals surface area contributed by atoms with Crippen LogP contribution in [-0.2, 0) is 12.6 Å². The van der Waals surface area contributed by atoms with Crippen molar-refractivity contribution < 1.29 is 13.2 Å². The number of hydrogen-bond acceptors (Lipinski definition) is 0. The van der Waals surface area contributed by atoms with E-state index in [0.29, 0.717) is 5.56 Å². The number of hydrogen-bond donors (Lipinski definition) is 0. The SMILES string of the molecule is FC(F)(F)c1ccc(C#CCCCc2ccccc2)cc1. The van der Waals surface area contributed by atoms with Crippen LogP contribution in [0.3, 0.4) is 0 Å². The van der Waals surface area contributed by atoms with Gasteiger partial charge in [0.2, 0.25) is 0 Å². The first-order valence-electron chi connectivity index (χ1n) is 6.76. The molecule has 0 aromatic heterocycles. The Hall–Kier alpha value is -2.21. The number of unbranched alkanes of at least 4 members (excludes halogenated alkanes) is 1. The number of benzene rings is 2. The van der Waals surface area contributed by atoms with E-state index in [1.165, 1.54) is 17.7 Å². The highest BCUT2D eigenvalue weighted by atomic mass is 19.4. The second-order valence-electron chi connectivity index (χ2n) is 4.72. The van der Waals surface area contributed by atoms with E-state index in [4.69, 9.17) is 0 Å². The number of rotatable bonds is 3. The van der Waals surface area contributed by atoms with Gasteiger partial charge in [0.05, 0.1) is 5.56 Å². The Morgan fingerprint density at radius 2 is 1.52 bits per heavy atom. The molecule has 0 aliphatic carbocycles. The van der Waals surface area contributed by atoms with Crippen LogP contribution >= 0.6 is 0 Å². The highest BCUT2D eigenvalue weighted by Gasteiger charge is 2.29. The van der Waals surface area contributed by atoms with E-state index in [-0.39, 0.29) is 0 Å². The molecule has 2 aromatic rings. The Balaban J connectivity index is 1.83. The van der Waals surface area contributed by atoms with Gasteiger partial charge in [-0.2, -0.15) is 13.2 Å². The molecule has 0 saturated heterocycles. The van der Waals surface area contributed by atoms with Gasteiger partial charge in [-0.05, 0) is 42.7 Å². The molecule has 21 heavy (non-hydrogen) atoms. The van der Waals surface area contributed by atoms with E-state index in [1.54, 1.807) is 0 Å². The third-order valence-corrected chi connectivity index (χ3v) is 3.06. The summed E-state index contributed by atoms with van der Waals surface area (Å²) in [5, 5.41) is 0. The average molecular weight is 288 g/mol. The second kappa shape index (κ2) is 6.99. The lowest BCUT2D eigenvalue weighted by Crippen LogP contribution is -2.04. The largest absolute Gasteiger partial charge is 0.416 e. The summed E-state index contributed by atoms with van der Waals surface area (Å²) in [5.41, 5.74) is 1.24. The lowest BCUT2D eigenvalue weighted by molar-refractivity contribution is -0.137. The van der Waals surface area contributed by atoms with Gasteiger partial charge in [0.25, 0.3) is 0 Å². The van der Waals surface area contributed by atoms with Crippen molar-refractivity contribution in [2.45, 2.75) is 25.4 Å². The lowest BCUT2D eigenvalue weighted by atomic mass is 10.1. The van der Waals surface area contributed by atoms with Crippen molar-refractivity contribution in [3.8, 4) is 11.8 Å². The normalized spacial score (nSPS) is 10.8. The van der Waals surface area contributed by atoms with Gasteiger partial charge >= 0.3 is 6.18 Å². The topological polar surface area (TPSA) is 0 Å². The third-order valence-electron chi connectivity index (χ3n) is 3.06. The maximum Gasteiger partial charge on any atom is 0.416 e. The minimum atomic E-state index is -4.29. The van der Waals surface area contributed by atoms with Crippen molar-refractivity contribution in [2.24, 2.45) is 0 Å². The highest BCUT2D eigenvalue weighted by molar-refractivity contribution is 5.36. The average Bonchev–Trinajstić information content (AvgIpc) is 2.47. The van der Waals surface area contributed by atoms with Crippen molar-refractivity contribution in [2.75, 3.05) is 0 Å². The molecule has 0 bridgehead atoms. The minimum Gasteiger partial charge on any atom is -0.166 e.